The van der Waals surface area contributed by atoms with Crippen molar-refractivity contribution < 1.29 is 18.1 Å². The second-order valence-electron chi connectivity index (χ2n) is 3.57. The molecule has 0 aliphatic carbocycles. The van der Waals surface area contributed by atoms with Gasteiger partial charge in [-0.3, -0.25) is 4.79 Å². The van der Waals surface area contributed by atoms with E-state index in [1.807, 2.05) is 14.0 Å². The highest BCUT2D eigenvalue weighted by Crippen LogP contribution is 2.15. The van der Waals surface area contributed by atoms with E-state index in [1.165, 1.54) is 0 Å². The first-order chi connectivity index (χ1) is 7.55. The van der Waals surface area contributed by atoms with E-state index in [0.717, 1.165) is 12.5 Å². The number of carbonyl (C=O) groups is 1. The predicted octanol–water partition coefficient (Wildman–Crippen LogP) is 1.12. The first-order valence-corrected chi connectivity index (χ1v) is 7.37. The number of amides is 1. The highest BCUT2D eigenvalue weighted by Gasteiger charge is 2.36. The summed E-state index contributed by atoms with van der Waals surface area (Å²) in [6, 6.07) is 0.720. The van der Waals surface area contributed by atoms with E-state index in [0.29, 0.717) is 13.0 Å². The highest BCUT2D eigenvalue weighted by molar-refractivity contribution is 6.60. The quantitative estimate of drug-likeness (QED) is 0.605. The highest BCUT2D eigenvalue weighted by atomic mass is 28.4. The number of hydrogen-bond acceptors (Lipinski definition) is 4. The van der Waals surface area contributed by atoms with Crippen LogP contribution in [0.15, 0.2) is 0 Å². The summed E-state index contributed by atoms with van der Waals surface area (Å²) in [5, 5.41) is 0. The second kappa shape index (κ2) is 7.78. The maximum absolute atomic E-state index is 11.3. The molecule has 0 aromatic carbocycles. The van der Waals surface area contributed by atoms with Crippen molar-refractivity contribution in [3.05, 3.63) is 0 Å². The van der Waals surface area contributed by atoms with Crippen LogP contribution < -0.4 is 0 Å². The van der Waals surface area contributed by atoms with E-state index in [1.54, 1.807) is 26.2 Å². The Balaban J connectivity index is 3.99. The van der Waals surface area contributed by atoms with Gasteiger partial charge in [-0.05, 0) is 6.42 Å². The molecule has 0 saturated carbocycles. The van der Waals surface area contributed by atoms with Crippen molar-refractivity contribution >= 4 is 14.7 Å². The van der Waals surface area contributed by atoms with Gasteiger partial charge in [0, 0.05) is 47.4 Å². The summed E-state index contributed by atoms with van der Waals surface area (Å²) in [5.74, 6) is 0.152. The molecule has 0 unspecified atom stereocenters. The lowest BCUT2D eigenvalue weighted by Crippen LogP contribution is -2.43. The van der Waals surface area contributed by atoms with Crippen LogP contribution in [0.1, 0.15) is 19.8 Å². The van der Waals surface area contributed by atoms with E-state index < -0.39 is 8.80 Å². The largest absolute Gasteiger partial charge is 0.500 e. The molecule has 0 aromatic heterocycles. The third-order valence-electron chi connectivity index (χ3n) is 2.64. The molecule has 0 atom stereocenters. The molecule has 96 valence electrons. The van der Waals surface area contributed by atoms with Gasteiger partial charge in [-0.25, -0.2) is 0 Å². The van der Waals surface area contributed by atoms with Crippen LogP contribution in [-0.2, 0) is 18.1 Å². The van der Waals surface area contributed by atoms with Crippen molar-refractivity contribution in [2.75, 3.05) is 34.9 Å². The van der Waals surface area contributed by atoms with Gasteiger partial charge in [0.25, 0.3) is 0 Å². The smallest absolute Gasteiger partial charge is 0.377 e. The van der Waals surface area contributed by atoms with Gasteiger partial charge in [-0.15, -0.1) is 0 Å². The second-order valence-corrected chi connectivity index (χ2v) is 6.66. The minimum atomic E-state index is -2.47. The lowest BCUT2D eigenvalue weighted by Gasteiger charge is -2.25. The monoisotopic (exact) mass is 249 g/mol. The molecule has 0 N–H and O–H groups in total. The van der Waals surface area contributed by atoms with Gasteiger partial charge in [0.15, 0.2) is 0 Å². The fraction of sp³-hybridized carbons (Fsp3) is 0.900. The number of rotatable bonds is 8. The molecule has 5 nitrogen and oxygen atoms in total. The Hall–Kier alpha value is -0.433. The number of hydrogen-bond donors (Lipinski definition) is 0. The fourth-order valence-corrected chi connectivity index (χ4v) is 3.19. The van der Waals surface area contributed by atoms with Crippen LogP contribution >= 0.6 is 0 Å². The van der Waals surface area contributed by atoms with Gasteiger partial charge >= 0.3 is 8.80 Å². The molecular formula is C10H23NO4Si. The zero-order valence-electron chi connectivity index (χ0n) is 10.9. The van der Waals surface area contributed by atoms with Gasteiger partial charge in [-0.1, -0.05) is 6.92 Å². The fourth-order valence-electron chi connectivity index (χ4n) is 1.48. The van der Waals surface area contributed by atoms with Crippen molar-refractivity contribution in [3.8, 4) is 0 Å². The van der Waals surface area contributed by atoms with Crippen molar-refractivity contribution in [2.45, 2.75) is 25.8 Å². The number of carbonyl (C=O) groups excluding carboxylic acids is 1. The third-order valence-corrected chi connectivity index (χ3v) is 5.47. The standard InChI is InChI=1S/C10H23NO4Si/c1-6-10(12)11(2)8-7-9-16(13-3,14-4)15-5/h6-9H2,1-5H3. The van der Waals surface area contributed by atoms with Gasteiger partial charge in [-0.2, -0.15) is 0 Å². The van der Waals surface area contributed by atoms with Crippen LogP contribution in [-0.4, -0.2) is 54.5 Å². The Morgan fingerprint density at radius 2 is 1.69 bits per heavy atom. The summed E-state index contributed by atoms with van der Waals surface area (Å²) in [4.78, 5) is 13.0. The average Bonchev–Trinajstić information content (AvgIpc) is 2.34. The average molecular weight is 249 g/mol. The molecule has 0 aliphatic heterocycles. The third kappa shape index (κ3) is 4.61. The van der Waals surface area contributed by atoms with Crippen LogP contribution in [0.4, 0.5) is 0 Å². The van der Waals surface area contributed by atoms with Crippen LogP contribution in [0.5, 0.6) is 0 Å². The molecule has 0 bridgehead atoms. The molecule has 16 heavy (non-hydrogen) atoms. The SMILES string of the molecule is CCC(=O)N(C)CCC[Si](OC)(OC)OC. The van der Waals surface area contributed by atoms with Crippen molar-refractivity contribution in [1.82, 2.24) is 4.90 Å². The first kappa shape index (κ1) is 15.6. The predicted molar refractivity (Wildman–Crippen MR) is 64.1 cm³/mol. The Morgan fingerprint density at radius 3 is 2.06 bits per heavy atom. The van der Waals surface area contributed by atoms with E-state index in [4.69, 9.17) is 13.3 Å². The maximum atomic E-state index is 11.3. The Morgan fingerprint density at radius 1 is 1.19 bits per heavy atom. The molecule has 0 aromatic rings. The summed E-state index contributed by atoms with van der Waals surface area (Å²) in [6.45, 7) is 2.56. The topological polar surface area (TPSA) is 48.0 Å². The Kier molecular flexibility index (Phi) is 7.57. The summed E-state index contributed by atoms with van der Waals surface area (Å²) in [5.41, 5.74) is 0. The van der Waals surface area contributed by atoms with E-state index >= 15 is 0 Å². The van der Waals surface area contributed by atoms with Gasteiger partial charge in [0.05, 0.1) is 0 Å². The Bertz CT molecular complexity index is 201. The van der Waals surface area contributed by atoms with Crippen LogP contribution in [0.2, 0.25) is 6.04 Å². The van der Waals surface area contributed by atoms with Crippen molar-refractivity contribution in [1.29, 1.82) is 0 Å². The van der Waals surface area contributed by atoms with Crippen molar-refractivity contribution in [3.63, 3.8) is 0 Å². The van der Waals surface area contributed by atoms with Gasteiger partial charge < -0.3 is 18.2 Å². The lowest BCUT2D eigenvalue weighted by molar-refractivity contribution is -0.129. The number of nitrogens with zero attached hydrogens (tertiary/aromatic N) is 1. The molecular weight excluding hydrogens is 226 g/mol. The molecule has 6 heteroatoms. The van der Waals surface area contributed by atoms with Crippen LogP contribution in [0.25, 0.3) is 0 Å². The van der Waals surface area contributed by atoms with Crippen LogP contribution in [0, 0.1) is 0 Å². The molecule has 0 radical (unpaired) electrons. The van der Waals surface area contributed by atoms with Crippen molar-refractivity contribution in [2.24, 2.45) is 0 Å². The summed E-state index contributed by atoms with van der Waals surface area (Å²) in [7, 11) is 4.13. The first-order valence-electron chi connectivity index (χ1n) is 5.44. The van der Waals surface area contributed by atoms with Crippen LogP contribution in [0.3, 0.4) is 0 Å². The minimum absolute atomic E-state index is 0.152. The minimum Gasteiger partial charge on any atom is -0.377 e. The molecule has 0 saturated heterocycles. The molecule has 0 aliphatic rings. The maximum Gasteiger partial charge on any atom is 0.500 e. The molecule has 0 heterocycles. The van der Waals surface area contributed by atoms with E-state index in [-0.39, 0.29) is 5.91 Å². The summed E-state index contributed by atoms with van der Waals surface area (Å²) in [6.07, 6.45) is 1.36. The molecule has 0 rings (SSSR count). The lowest BCUT2D eigenvalue weighted by atomic mass is 10.4. The molecule has 1 amide bonds. The zero-order chi connectivity index (χ0) is 12.6. The van der Waals surface area contributed by atoms with E-state index in [2.05, 4.69) is 0 Å². The normalized spacial score (nSPS) is 11.6. The molecule has 0 fully saturated rings. The van der Waals surface area contributed by atoms with E-state index in [9.17, 15) is 4.79 Å². The molecule has 0 spiro atoms. The zero-order valence-corrected chi connectivity index (χ0v) is 11.9. The van der Waals surface area contributed by atoms with Gasteiger partial charge in [0.1, 0.15) is 0 Å². The Labute approximate surface area is 99.0 Å². The van der Waals surface area contributed by atoms with Gasteiger partial charge in [0.2, 0.25) is 5.91 Å². The summed E-state index contributed by atoms with van der Waals surface area (Å²) >= 11 is 0. The summed E-state index contributed by atoms with van der Waals surface area (Å²) < 4.78 is 15.9.